The first-order valence-electron chi connectivity index (χ1n) is 7.15. The number of likely N-dealkylation sites (N-methyl/N-ethyl adjacent to an activating group) is 1. The van der Waals surface area contributed by atoms with E-state index in [1.54, 1.807) is 11.9 Å². The van der Waals surface area contributed by atoms with Gasteiger partial charge in [-0.05, 0) is 6.07 Å². The summed E-state index contributed by atoms with van der Waals surface area (Å²) < 4.78 is 5.63. The normalized spacial score (nSPS) is 17.9. The molecule has 1 amide bonds. The van der Waals surface area contributed by atoms with Crippen LogP contribution in [-0.2, 0) is 11.3 Å². The highest BCUT2D eigenvalue weighted by atomic mass is 16.5. The number of nitrogens with zero attached hydrogens (tertiary/aromatic N) is 2. The van der Waals surface area contributed by atoms with Crippen LogP contribution >= 0.6 is 0 Å². The van der Waals surface area contributed by atoms with E-state index in [1.165, 1.54) is 0 Å². The molecule has 1 atom stereocenters. The molecule has 1 aromatic rings. The Hall–Kier alpha value is -1.63. The molecule has 1 heterocycles. The molecule has 6 nitrogen and oxygen atoms in total. The number of hydrogen-bond donors (Lipinski definition) is 2. The first kappa shape index (κ1) is 15.8. The summed E-state index contributed by atoms with van der Waals surface area (Å²) >= 11 is 0. The van der Waals surface area contributed by atoms with Gasteiger partial charge in [-0.15, -0.1) is 0 Å². The predicted molar refractivity (Wildman–Crippen MR) is 79.9 cm³/mol. The summed E-state index contributed by atoms with van der Waals surface area (Å²) in [5, 5.41) is 10.1. The summed E-state index contributed by atoms with van der Waals surface area (Å²) in [6.07, 6.45) is -0.632. The molecule has 1 unspecified atom stereocenters. The highest BCUT2D eigenvalue weighted by Crippen LogP contribution is 2.17. The Morgan fingerprint density at radius 1 is 1.38 bits per heavy atom. The second-order valence-electron chi connectivity index (χ2n) is 5.33. The number of para-hydroxylation sites is 1. The molecule has 1 aliphatic rings. The van der Waals surface area contributed by atoms with Gasteiger partial charge in [-0.1, -0.05) is 18.2 Å². The number of rotatable bonds is 6. The SMILES string of the molecule is CN1CCN(CC(O)COc2ccccc2CN)CC1=O. The van der Waals surface area contributed by atoms with Gasteiger partial charge < -0.3 is 20.5 Å². The van der Waals surface area contributed by atoms with E-state index in [-0.39, 0.29) is 12.5 Å². The number of benzene rings is 1. The molecule has 2 rings (SSSR count). The van der Waals surface area contributed by atoms with Crippen LogP contribution in [0.3, 0.4) is 0 Å². The molecule has 0 aromatic heterocycles. The molecular formula is C15H23N3O3. The van der Waals surface area contributed by atoms with E-state index >= 15 is 0 Å². The Balaban J connectivity index is 1.79. The minimum absolute atomic E-state index is 0.0860. The molecule has 0 saturated carbocycles. The maximum Gasteiger partial charge on any atom is 0.236 e. The number of amides is 1. The van der Waals surface area contributed by atoms with E-state index in [0.29, 0.717) is 31.9 Å². The Morgan fingerprint density at radius 2 is 2.14 bits per heavy atom. The van der Waals surface area contributed by atoms with Gasteiger partial charge in [-0.25, -0.2) is 0 Å². The minimum Gasteiger partial charge on any atom is -0.491 e. The number of carbonyl (C=O) groups is 1. The van der Waals surface area contributed by atoms with E-state index in [9.17, 15) is 9.90 Å². The maximum absolute atomic E-state index is 11.6. The first-order chi connectivity index (χ1) is 10.1. The lowest BCUT2D eigenvalue weighted by atomic mass is 10.2. The molecule has 116 valence electrons. The topological polar surface area (TPSA) is 79.0 Å². The molecule has 1 saturated heterocycles. The third kappa shape index (κ3) is 4.42. The first-order valence-corrected chi connectivity index (χ1v) is 7.15. The van der Waals surface area contributed by atoms with E-state index in [1.807, 2.05) is 29.2 Å². The summed E-state index contributed by atoms with van der Waals surface area (Å²) in [6.45, 7) is 2.86. The number of aliphatic hydroxyl groups excluding tert-OH is 1. The number of aliphatic hydroxyl groups is 1. The van der Waals surface area contributed by atoms with Gasteiger partial charge in [0.2, 0.25) is 5.91 Å². The number of carbonyl (C=O) groups excluding carboxylic acids is 1. The van der Waals surface area contributed by atoms with Crippen molar-refractivity contribution >= 4 is 5.91 Å². The van der Waals surface area contributed by atoms with Crippen molar-refractivity contribution in [3.63, 3.8) is 0 Å². The fourth-order valence-electron chi connectivity index (χ4n) is 2.31. The van der Waals surface area contributed by atoms with Crippen LogP contribution in [0, 0.1) is 0 Å². The van der Waals surface area contributed by atoms with Gasteiger partial charge in [-0.3, -0.25) is 9.69 Å². The number of hydrogen-bond acceptors (Lipinski definition) is 5. The summed E-state index contributed by atoms with van der Waals surface area (Å²) in [5.41, 5.74) is 6.56. The van der Waals surface area contributed by atoms with Crippen molar-refractivity contribution in [2.24, 2.45) is 5.73 Å². The van der Waals surface area contributed by atoms with Crippen molar-refractivity contribution in [2.75, 3.05) is 39.8 Å². The summed E-state index contributed by atoms with van der Waals surface area (Å²) in [7, 11) is 1.79. The van der Waals surface area contributed by atoms with E-state index in [2.05, 4.69) is 0 Å². The van der Waals surface area contributed by atoms with Crippen molar-refractivity contribution in [3.05, 3.63) is 29.8 Å². The van der Waals surface area contributed by atoms with Gasteiger partial charge in [-0.2, -0.15) is 0 Å². The van der Waals surface area contributed by atoms with Crippen molar-refractivity contribution < 1.29 is 14.6 Å². The quantitative estimate of drug-likeness (QED) is 0.750. The second kappa shape index (κ2) is 7.40. The van der Waals surface area contributed by atoms with Crippen molar-refractivity contribution in [3.8, 4) is 5.75 Å². The van der Waals surface area contributed by atoms with Crippen molar-refractivity contribution in [1.82, 2.24) is 9.80 Å². The average Bonchev–Trinajstić information content (AvgIpc) is 2.49. The second-order valence-corrected chi connectivity index (χ2v) is 5.33. The number of piperazine rings is 1. The Bertz CT molecular complexity index is 481. The molecule has 21 heavy (non-hydrogen) atoms. The van der Waals surface area contributed by atoms with E-state index < -0.39 is 6.10 Å². The Labute approximate surface area is 125 Å². The number of ether oxygens (including phenoxy) is 1. The monoisotopic (exact) mass is 293 g/mol. The van der Waals surface area contributed by atoms with Crippen LogP contribution in [0.1, 0.15) is 5.56 Å². The third-order valence-corrected chi connectivity index (χ3v) is 3.63. The van der Waals surface area contributed by atoms with Gasteiger partial charge >= 0.3 is 0 Å². The fourth-order valence-corrected chi connectivity index (χ4v) is 2.31. The van der Waals surface area contributed by atoms with Gasteiger partial charge in [0.05, 0.1) is 6.54 Å². The lowest BCUT2D eigenvalue weighted by molar-refractivity contribution is -0.135. The van der Waals surface area contributed by atoms with Crippen LogP contribution in [0.25, 0.3) is 0 Å². The van der Waals surface area contributed by atoms with E-state index in [4.69, 9.17) is 10.5 Å². The molecule has 0 radical (unpaired) electrons. The molecular weight excluding hydrogens is 270 g/mol. The zero-order valence-corrected chi connectivity index (χ0v) is 12.4. The van der Waals surface area contributed by atoms with Crippen LogP contribution in [0.4, 0.5) is 0 Å². The van der Waals surface area contributed by atoms with Gasteiger partial charge in [0, 0.05) is 38.8 Å². The van der Waals surface area contributed by atoms with Crippen LogP contribution in [-0.4, -0.2) is 66.8 Å². The van der Waals surface area contributed by atoms with Crippen LogP contribution in [0.15, 0.2) is 24.3 Å². The smallest absolute Gasteiger partial charge is 0.236 e. The van der Waals surface area contributed by atoms with Crippen LogP contribution in [0.2, 0.25) is 0 Å². The third-order valence-electron chi connectivity index (χ3n) is 3.63. The zero-order chi connectivity index (χ0) is 15.2. The summed E-state index contributed by atoms with van der Waals surface area (Å²) in [5.74, 6) is 0.788. The maximum atomic E-state index is 11.6. The van der Waals surface area contributed by atoms with Gasteiger partial charge in [0.25, 0.3) is 0 Å². The molecule has 1 aliphatic heterocycles. The molecule has 1 fully saturated rings. The van der Waals surface area contributed by atoms with E-state index in [0.717, 1.165) is 12.1 Å². The summed E-state index contributed by atoms with van der Waals surface area (Å²) in [4.78, 5) is 15.3. The van der Waals surface area contributed by atoms with Crippen molar-refractivity contribution in [2.45, 2.75) is 12.6 Å². The number of nitrogens with two attached hydrogens (primary N) is 1. The highest BCUT2D eigenvalue weighted by molar-refractivity contribution is 5.78. The fraction of sp³-hybridized carbons (Fsp3) is 0.533. The average molecular weight is 293 g/mol. The van der Waals surface area contributed by atoms with Gasteiger partial charge in [0.1, 0.15) is 18.5 Å². The largest absolute Gasteiger partial charge is 0.491 e. The molecule has 0 aliphatic carbocycles. The van der Waals surface area contributed by atoms with Crippen LogP contribution in [0.5, 0.6) is 5.75 Å². The highest BCUT2D eigenvalue weighted by Gasteiger charge is 2.22. The zero-order valence-electron chi connectivity index (χ0n) is 12.4. The van der Waals surface area contributed by atoms with Crippen molar-refractivity contribution in [1.29, 1.82) is 0 Å². The predicted octanol–water partition coefficient (Wildman–Crippen LogP) is -0.341. The standard InChI is InChI=1S/C15H23N3O3/c1-17-6-7-18(10-15(17)20)9-13(19)11-21-14-5-3-2-4-12(14)8-16/h2-5,13,19H,6-11,16H2,1H3. The number of β-amino-alcohol motifs (C(OH)–C–C–N with tert-alkyl or cyclic N) is 1. The minimum atomic E-state index is -0.632. The Kier molecular flexibility index (Phi) is 5.55. The lowest BCUT2D eigenvalue weighted by Crippen LogP contribution is -2.51. The summed E-state index contributed by atoms with van der Waals surface area (Å²) in [6, 6.07) is 7.52. The molecule has 0 bridgehead atoms. The molecule has 3 N–H and O–H groups in total. The lowest BCUT2D eigenvalue weighted by Gasteiger charge is -2.33. The Morgan fingerprint density at radius 3 is 2.86 bits per heavy atom. The molecule has 1 aromatic carbocycles. The van der Waals surface area contributed by atoms with Gasteiger partial charge in [0.15, 0.2) is 0 Å². The van der Waals surface area contributed by atoms with Crippen LogP contribution < -0.4 is 10.5 Å². The molecule has 0 spiro atoms. The molecule has 6 heteroatoms.